The lowest BCUT2D eigenvalue weighted by atomic mass is 10.2. The standard InChI is InChI=1S/C10H10FN3O/c11-7-1-2-8-9(5-7)13-6-14(4-3-12)10(8)15/h1-2,5-6H,3-4,12H2. The summed E-state index contributed by atoms with van der Waals surface area (Å²) in [4.78, 5) is 15.8. The lowest BCUT2D eigenvalue weighted by Gasteiger charge is -2.04. The molecule has 0 atom stereocenters. The van der Waals surface area contributed by atoms with Crippen molar-refractivity contribution in [3.05, 3.63) is 40.7 Å². The van der Waals surface area contributed by atoms with Gasteiger partial charge in [-0.1, -0.05) is 0 Å². The Morgan fingerprint density at radius 3 is 3.00 bits per heavy atom. The summed E-state index contributed by atoms with van der Waals surface area (Å²) < 4.78 is 14.3. The number of fused-ring (bicyclic) bond motifs is 1. The van der Waals surface area contributed by atoms with E-state index >= 15 is 0 Å². The Morgan fingerprint density at radius 2 is 2.27 bits per heavy atom. The number of aromatic nitrogens is 2. The summed E-state index contributed by atoms with van der Waals surface area (Å²) in [5, 5.41) is 0.410. The average Bonchev–Trinajstić information content (AvgIpc) is 2.22. The molecule has 0 radical (unpaired) electrons. The second kappa shape index (κ2) is 3.78. The Kier molecular flexibility index (Phi) is 2.47. The van der Waals surface area contributed by atoms with E-state index in [4.69, 9.17) is 5.73 Å². The van der Waals surface area contributed by atoms with Crippen molar-refractivity contribution in [1.29, 1.82) is 0 Å². The molecule has 15 heavy (non-hydrogen) atoms. The van der Waals surface area contributed by atoms with Crippen LogP contribution in [-0.4, -0.2) is 16.1 Å². The van der Waals surface area contributed by atoms with Gasteiger partial charge in [0.05, 0.1) is 17.2 Å². The third-order valence-electron chi connectivity index (χ3n) is 2.16. The second-order valence-electron chi connectivity index (χ2n) is 3.19. The summed E-state index contributed by atoms with van der Waals surface area (Å²) in [5.41, 5.74) is 5.53. The molecule has 0 saturated carbocycles. The maximum Gasteiger partial charge on any atom is 0.261 e. The van der Waals surface area contributed by atoms with Crippen LogP contribution in [0.5, 0.6) is 0 Å². The summed E-state index contributed by atoms with van der Waals surface area (Å²) in [6, 6.07) is 3.93. The van der Waals surface area contributed by atoms with Crippen LogP contribution < -0.4 is 11.3 Å². The van der Waals surface area contributed by atoms with Crippen molar-refractivity contribution in [3.8, 4) is 0 Å². The van der Waals surface area contributed by atoms with Crippen molar-refractivity contribution in [2.24, 2.45) is 5.73 Å². The van der Waals surface area contributed by atoms with Gasteiger partial charge in [0.15, 0.2) is 0 Å². The van der Waals surface area contributed by atoms with E-state index in [1.54, 1.807) is 0 Å². The fourth-order valence-corrected chi connectivity index (χ4v) is 1.43. The van der Waals surface area contributed by atoms with Crippen LogP contribution in [0.2, 0.25) is 0 Å². The Labute approximate surface area is 85.2 Å². The van der Waals surface area contributed by atoms with Gasteiger partial charge in [0.1, 0.15) is 5.82 Å². The molecule has 0 aliphatic heterocycles. The third kappa shape index (κ3) is 1.73. The number of hydrogen-bond acceptors (Lipinski definition) is 3. The highest BCUT2D eigenvalue weighted by atomic mass is 19.1. The average molecular weight is 207 g/mol. The Morgan fingerprint density at radius 1 is 1.47 bits per heavy atom. The SMILES string of the molecule is NCCn1cnc2cc(F)ccc2c1=O. The molecular weight excluding hydrogens is 197 g/mol. The van der Waals surface area contributed by atoms with E-state index in [-0.39, 0.29) is 5.56 Å². The van der Waals surface area contributed by atoms with Gasteiger partial charge in [0.25, 0.3) is 5.56 Å². The first-order valence-corrected chi connectivity index (χ1v) is 4.57. The smallest absolute Gasteiger partial charge is 0.261 e. The predicted octanol–water partition coefficient (Wildman–Crippen LogP) is 0.494. The van der Waals surface area contributed by atoms with Crippen molar-refractivity contribution in [2.75, 3.05) is 6.54 Å². The van der Waals surface area contributed by atoms with Crippen LogP contribution in [0, 0.1) is 5.82 Å². The molecule has 0 unspecified atom stereocenters. The molecule has 2 rings (SSSR count). The zero-order valence-corrected chi connectivity index (χ0v) is 7.98. The van der Waals surface area contributed by atoms with Crippen LogP contribution in [0.4, 0.5) is 4.39 Å². The van der Waals surface area contributed by atoms with Crippen molar-refractivity contribution in [1.82, 2.24) is 9.55 Å². The molecule has 78 valence electrons. The molecule has 0 fully saturated rings. The first-order valence-electron chi connectivity index (χ1n) is 4.57. The highest BCUT2D eigenvalue weighted by Gasteiger charge is 2.03. The van der Waals surface area contributed by atoms with Gasteiger partial charge in [-0.05, 0) is 12.1 Å². The largest absolute Gasteiger partial charge is 0.329 e. The lowest BCUT2D eigenvalue weighted by Crippen LogP contribution is -2.24. The predicted molar refractivity (Wildman–Crippen MR) is 55.0 cm³/mol. The zero-order valence-electron chi connectivity index (χ0n) is 7.98. The minimum atomic E-state index is -0.397. The molecule has 1 aromatic heterocycles. The summed E-state index contributed by atoms with van der Waals surface area (Å²) >= 11 is 0. The second-order valence-corrected chi connectivity index (χ2v) is 3.19. The highest BCUT2D eigenvalue weighted by Crippen LogP contribution is 2.08. The summed E-state index contributed by atoms with van der Waals surface area (Å²) in [5.74, 6) is -0.397. The number of nitrogens with two attached hydrogens (primary N) is 1. The quantitative estimate of drug-likeness (QED) is 0.779. The van der Waals surface area contributed by atoms with Crippen molar-refractivity contribution in [3.63, 3.8) is 0 Å². The van der Waals surface area contributed by atoms with Crippen LogP contribution in [0.3, 0.4) is 0 Å². The molecule has 0 aliphatic rings. The molecule has 0 amide bonds. The van der Waals surface area contributed by atoms with E-state index < -0.39 is 5.82 Å². The number of halogens is 1. The number of benzene rings is 1. The van der Waals surface area contributed by atoms with Crippen molar-refractivity contribution >= 4 is 10.9 Å². The lowest BCUT2D eigenvalue weighted by molar-refractivity contribution is 0.628. The van der Waals surface area contributed by atoms with Gasteiger partial charge in [0, 0.05) is 19.2 Å². The van der Waals surface area contributed by atoms with E-state index in [2.05, 4.69) is 4.98 Å². The normalized spacial score (nSPS) is 10.8. The summed E-state index contributed by atoms with van der Waals surface area (Å²) in [6.45, 7) is 0.785. The van der Waals surface area contributed by atoms with Crippen molar-refractivity contribution in [2.45, 2.75) is 6.54 Å². The monoisotopic (exact) mass is 207 g/mol. The van der Waals surface area contributed by atoms with Gasteiger partial charge >= 0.3 is 0 Å². The molecule has 5 heteroatoms. The topological polar surface area (TPSA) is 60.9 Å². The van der Waals surface area contributed by atoms with Crippen LogP contribution in [0.25, 0.3) is 10.9 Å². The maximum atomic E-state index is 12.8. The van der Waals surface area contributed by atoms with Gasteiger partial charge in [-0.2, -0.15) is 0 Å². The van der Waals surface area contributed by atoms with Gasteiger partial charge in [-0.15, -0.1) is 0 Å². The fraction of sp³-hybridized carbons (Fsp3) is 0.200. The summed E-state index contributed by atoms with van der Waals surface area (Å²) in [7, 11) is 0. The van der Waals surface area contributed by atoms with E-state index in [1.807, 2.05) is 0 Å². The van der Waals surface area contributed by atoms with Crippen LogP contribution in [0.15, 0.2) is 29.3 Å². The molecular formula is C10H10FN3O. The summed E-state index contributed by atoms with van der Waals surface area (Å²) in [6.07, 6.45) is 1.39. The van der Waals surface area contributed by atoms with Gasteiger partial charge in [-0.25, -0.2) is 9.37 Å². The molecule has 0 spiro atoms. The number of nitrogens with zero attached hydrogens (tertiary/aromatic N) is 2. The first-order chi connectivity index (χ1) is 7.22. The van der Waals surface area contributed by atoms with Gasteiger partial charge in [-0.3, -0.25) is 9.36 Å². The Hall–Kier alpha value is -1.75. The Balaban J connectivity index is 2.69. The molecule has 4 nitrogen and oxygen atoms in total. The number of rotatable bonds is 2. The minimum Gasteiger partial charge on any atom is -0.329 e. The third-order valence-corrected chi connectivity index (χ3v) is 2.16. The number of hydrogen-bond donors (Lipinski definition) is 1. The minimum absolute atomic E-state index is 0.189. The van der Waals surface area contributed by atoms with Crippen LogP contribution >= 0.6 is 0 Å². The zero-order chi connectivity index (χ0) is 10.8. The highest BCUT2D eigenvalue weighted by molar-refractivity contribution is 5.77. The molecule has 0 saturated heterocycles. The molecule has 0 bridgehead atoms. The van der Waals surface area contributed by atoms with Crippen LogP contribution in [-0.2, 0) is 6.54 Å². The fourth-order valence-electron chi connectivity index (χ4n) is 1.43. The van der Waals surface area contributed by atoms with E-state index in [1.165, 1.54) is 29.1 Å². The molecule has 1 aromatic carbocycles. The molecule has 2 N–H and O–H groups in total. The van der Waals surface area contributed by atoms with E-state index in [0.717, 1.165) is 0 Å². The first kappa shape index (κ1) is 9.79. The van der Waals surface area contributed by atoms with Crippen molar-refractivity contribution < 1.29 is 4.39 Å². The van der Waals surface area contributed by atoms with Crippen LogP contribution in [0.1, 0.15) is 0 Å². The molecule has 2 aromatic rings. The van der Waals surface area contributed by atoms with E-state index in [9.17, 15) is 9.18 Å². The Bertz CT molecular complexity index is 550. The maximum absolute atomic E-state index is 12.8. The van der Waals surface area contributed by atoms with Gasteiger partial charge < -0.3 is 5.73 Å². The van der Waals surface area contributed by atoms with Gasteiger partial charge in [0.2, 0.25) is 0 Å². The molecule has 1 heterocycles. The molecule has 0 aliphatic carbocycles. The van der Waals surface area contributed by atoms with E-state index in [0.29, 0.717) is 24.0 Å².